The lowest BCUT2D eigenvalue weighted by Crippen LogP contribution is -2.48. The molecule has 1 unspecified atom stereocenters. The summed E-state index contributed by atoms with van der Waals surface area (Å²) in [6.45, 7) is 1.62. The molecule has 1 rings (SSSR count). The first-order valence-corrected chi connectivity index (χ1v) is 5.40. The van der Waals surface area contributed by atoms with E-state index < -0.39 is 16.4 Å². The number of terminal acetylenes is 1. The molecule has 94 valence electrons. The van der Waals surface area contributed by atoms with Crippen LogP contribution in [-0.2, 0) is 16.0 Å². The van der Waals surface area contributed by atoms with E-state index in [9.17, 15) is 14.9 Å². The Bertz CT molecular complexity index is 478. The van der Waals surface area contributed by atoms with Crippen molar-refractivity contribution in [2.45, 2.75) is 18.9 Å². The van der Waals surface area contributed by atoms with E-state index in [4.69, 9.17) is 11.2 Å². The average molecular weight is 247 g/mol. The van der Waals surface area contributed by atoms with Crippen LogP contribution in [0.25, 0.3) is 0 Å². The van der Waals surface area contributed by atoms with Crippen molar-refractivity contribution in [3.05, 3.63) is 46.0 Å². The molecule has 0 saturated carbocycles. The molecule has 0 aliphatic heterocycles. The van der Waals surface area contributed by atoms with E-state index in [1.54, 1.807) is 37.3 Å². The molecule has 0 amide bonds. The highest BCUT2D eigenvalue weighted by Crippen LogP contribution is 2.18. The molecule has 0 radical (unpaired) electrons. The summed E-state index contributed by atoms with van der Waals surface area (Å²) in [5, 5.41) is 11.1. The number of carbonyl (C=O) groups is 1. The van der Waals surface area contributed by atoms with Crippen LogP contribution in [0.5, 0.6) is 0 Å². The number of benzene rings is 1. The maximum atomic E-state index is 11.7. The van der Waals surface area contributed by atoms with Crippen molar-refractivity contribution in [1.82, 2.24) is 0 Å². The van der Waals surface area contributed by atoms with Gasteiger partial charge >= 0.3 is 11.5 Å². The van der Waals surface area contributed by atoms with E-state index in [2.05, 4.69) is 0 Å². The third-order valence-corrected chi connectivity index (χ3v) is 2.47. The largest absolute Gasteiger partial charge is 0.460 e. The number of hydrogen-bond donors (Lipinski definition) is 0. The van der Waals surface area contributed by atoms with Crippen molar-refractivity contribution in [2.24, 2.45) is 0 Å². The van der Waals surface area contributed by atoms with Crippen LogP contribution in [0.15, 0.2) is 30.3 Å². The van der Waals surface area contributed by atoms with Gasteiger partial charge in [-0.2, -0.15) is 0 Å². The van der Waals surface area contributed by atoms with Gasteiger partial charge in [-0.15, -0.1) is 6.42 Å². The molecular formula is C13H13NO4. The van der Waals surface area contributed by atoms with Gasteiger partial charge in [-0.1, -0.05) is 30.3 Å². The van der Waals surface area contributed by atoms with Gasteiger partial charge in [0.15, 0.2) is 0 Å². The van der Waals surface area contributed by atoms with Crippen LogP contribution >= 0.6 is 0 Å². The quantitative estimate of drug-likeness (QED) is 0.341. The Balaban J connectivity index is 3.10. The van der Waals surface area contributed by atoms with Gasteiger partial charge in [0.1, 0.15) is 0 Å². The molecule has 1 atom stereocenters. The normalized spacial score (nSPS) is 13.1. The summed E-state index contributed by atoms with van der Waals surface area (Å²) in [5.74, 6) is 0.976. The second-order valence-corrected chi connectivity index (χ2v) is 3.64. The average Bonchev–Trinajstić information content (AvgIpc) is 2.37. The van der Waals surface area contributed by atoms with Crippen molar-refractivity contribution in [3.63, 3.8) is 0 Å². The SMILES string of the molecule is C#CC(Cc1ccccc1)(C(=O)OCC)[N+](=O)[O-]. The molecule has 0 fully saturated rings. The molecule has 0 aliphatic carbocycles. The van der Waals surface area contributed by atoms with Gasteiger partial charge in [0, 0.05) is 0 Å². The number of nitro groups is 1. The Hall–Kier alpha value is -2.35. The zero-order valence-corrected chi connectivity index (χ0v) is 9.96. The Kier molecular flexibility index (Phi) is 4.44. The molecule has 0 heterocycles. The molecule has 0 aromatic heterocycles. The fourth-order valence-corrected chi connectivity index (χ4v) is 1.52. The zero-order valence-electron chi connectivity index (χ0n) is 9.96. The van der Waals surface area contributed by atoms with Crippen molar-refractivity contribution in [1.29, 1.82) is 0 Å². The standard InChI is InChI=1S/C13H13NO4/c1-3-13(14(16)17,12(15)18-4-2)10-11-8-6-5-7-9-11/h1,5-9H,4,10H2,2H3. The number of hydrogen-bond acceptors (Lipinski definition) is 4. The predicted molar refractivity (Wildman–Crippen MR) is 65.3 cm³/mol. The zero-order chi connectivity index (χ0) is 13.6. The van der Waals surface area contributed by atoms with Gasteiger partial charge in [-0.05, 0) is 18.4 Å². The number of nitrogens with zero attached hydrogens (tertiary/aromatic N) is 1. The van der Waals surface area contributed by atoms with Crippen molar-refractivity contribution >= 4 is 5.97 Å². The third-order valence-electron chi connectivity index (χ3n) is 2.47. The molecule has 0 spiro atoms. The van der Waals surface area contributed by atoms with Crippen LogP contribution in [0.2, 0.25) is 0 Å². The van der Waals surface area contributed by atoms with E-state index in [0.29, 0.717) is 5.56 Å². The molecule has 18 heavy (non-hydrogen) atoms. The lowest BCUT2D eigenvalue weighted by Gasteiger charge is -2.17. The summed E-state index contributed by atoms with van der Waals surface area (Å²) in [6.07, 6.45) is 5.01. The first-order chi connectivity index (χ1) is 8.56. The highest BCUT2D eigenvalue weighted by Gasteiger charge is 2.51. The lowest BCUT2D eigenvalue weighted by molar-refractivity contribution is -0.537. The minimum Gasteiger partial charge on any atom is -0.460 e. The molecule has 1 aromatic rings. The second kappa shape index (κ2) is 5.82. The van der Waals surface area contributed by atoms with Crippen LogP contribution in [0.4, 0.5) is 0 Å². The van der Waals surface area contributed by atoms with E-state index in [0.717, 1.165) is 0 Å². The van der Waals surface area contributed by atoms with Gasteiger partial charge in [0.25, 0.3) is 0 Å². The van der Waals surface area contributed by atoms with Crippen LogP contribution in [0, 0.1) is 22.5 Å². The van der Waals surface area contributed by atoms with Gasteiger partial charge in [-0.25, -0.2) is 4.79 Å². The molecule has 1 aromatic carbocycles. The molecule has 0 bridgehead atoms. The Morgan fingerprint density at radius 3 is 2.56 bits per heavy atom. The highest BCUT2D eigenvalue weighted by molar-refractivity contribution is 5.83. The summed E-state index contributed by atoms with van der Waals surface area (Å²) in [6, 6.07) is 8.57. The summed E-state index contributed by atoms with van der Waals surface area (Å²) < 4.78 is 4.71. The maximum absolute atomic E-state index is 11.7. The lowest BCUT2D eigenvalue weighted by atomic mass is 9.92. The fraction of sp³-hybridized carbons (Fsp3) is 0.308. The topological polar surface area (TPSA) is 69.4 Å². The first-order valence-electron chi connectivity index (χ1n) is 5.40. The molecule has 5 heteroatoms. The summed E-state index contributed by atoms with van der Waals surface area (Å²) in [7, 11) is 0. The third kappa shape index (κ3) is 2.66. The first kappa shape index (κ1) is 13.7. The predicted octanol–water partition coefficient (Wildman–Crippen LogP) is 1.44. The molecule has 0 aliphatic rings. The minimum atomic E-state index is -2.16. The fourth-order valence-electron chi connectivity index (χ4n) is 1.52. The Morgan fingerprint density at radius 1 is 1.50 bits per heavy atom. The highest BCUT2D eigenvalue weighted by atomic mass is 16.6. The van der Waals surface area contributed by atoms with E-state index in [1.165, 1.54) is 0 Å². The van der Waals surface area contributed by atoms with Gasteiger partial charge in [0.05, 0.1) is 18.0 Å². The monoisotopic (exact) mass is 247 g/mol. The summed E-state index contributed by atoms with van der Waals surface area (Å²) in [4.78, 5) is 22.1. The van der Waals surface area contributed by atoms with Gasteiger partial charge in [-0.3, -0.25) is 10.1 Å². The molecule has 0 saturated heterocycles. The van der Waals surface area contributed by atoms with Crippen LogP contribution in [0.3, 0.4) is 0 Å². The Morgan fingerprint density at radius 2 is 2.11 bits per heavy atom. The number of carbonyl (C=O) groups excluding carboxylic acids is 1. The summed E-state index contributed by atoms with van der Waals surface area (Å²) in [5.41, 5.74) is -1.54. The molecule has 0 N–H and O–H groups in total. The van der Waals surface area contributed by atoms with Crippen LogP contribution in [0.1, 0.15) is 12.5 Å². The smallest absolute Gasteiger partial charge is 0.398 e. The van der Waals surface area contributed by atoms with E-state index in [1.807, 2.05) is 5.92 Å². The number of ether oxygens (including phenoxy) is 1. The molecule has 5 nitrogen and oxygen atoms in total. The number of esters is 1. The van der Waals surface area contributed by atoms with E-state index in [-0.39, 0.29) is 13.0 Å². The summed E-state index contributed by atoms with van der Waals surface area (Å²) >= 11 is 0. The Labute approximate surface area is 105 Å². The second-order valence-electron chi connectivity index (χ2n) is 3.64. The van der Waals surface area contributed by atoms with Crippen LogP contribution < -0.4 is 0 Å². The van der Waals surface area contributed by atoms with Crippen molar-refractivity contribution in [2.75, 3.05) is 6.61 Å². The van der Waals surface area contributed by atoms with Gasteiger partial charge < -0.3 is 4.74 Å². The molecular weight excluding hydrogens is 234 g/mol. The van der Waals surface area contributed by atoms with Crippen molar-refractivity contribution < 1.29 is 14.5 Å². The minimum absolute atomic E-state index is 0.0465. The van der Waals surface area contributed by atoms with Crippen LogP contribution in [-0.4, -0.2) is 23.0 Å². The number of rotatable bonds is 5. The van der Waals surface area contributed by atoms with Crippen molar-refractivity contribution in [3.8, 4) is 12.3 Å². The van der Waals surface area contributed by atoms with Gasteiger partial charge in [0.2, 0.25) is 0 Å². The maximum Gasteiger partial charge on any atom is 0.398 e. The van der Waals surface area contributed by atoms with E-state index >= 15 is 0 Å².